The van der Waals surface area contributed by atoms with Gasteiger partial charge in [-0.3, -0.25) is 9.59 Å². The summed E-state index contributed by atoms with van der Waals surface area (Å²) in [6.07, 6.45) is 4.19. The van der Waals surface area contributed by atoms with Crippen molar-refractivity contribution in [3.05, 3.63) is 65.7 Å². The quantitative estimate of drug-likeness (QED) is 0.633. The number of carbonyl (C=O) groups is 2. The molecule has 148 valence electrons. The molecule has 1 aliphatic carbocycles. The Morgan fingerprint density at radius 3 is 2.29 bits per heavy atom. The van der Waals surface area contributed by atoms with Crippen LogP contribution in [0.25, 0.3) is 0 Å². The molecule has 4 heteroatoms. The average molecular weight is 379 g/mol. The lowest BCUT2D eigenvalue weighted by Gasteiger charge is -2.16. The lowest BCUT2D eigenvalue weighted by Crippen LogP contribution is -2.35. The number of benzene rings is 2. The summed E-state index contributed by atoms with van der Waals surface area (Å²) in [5.41, 5.74) is 2.74. The Bertz CT molecular complexity index is 793. The second kappa shape index (κ2) is 9.05. The van der Waals surface area contributed by atoms with Gasteiger partial charge >= 0.3 is 0 Å². The van der Waals surface area contributed by atoms with Crippen LogP contribution in [0.1, 0.15) is 50.7 Å². The fourth-order valence-corrected chi connectivity index (χ4v) is 3.54. The zero-order chi connectivity index (χ0) is 20.0. The van der Waals surface area contributed by atoms with Crippen molar-refractivity contribution in [2.24, 2.45) is 5.92 Å². The standard InChI is InChI=1S/C24H30N2O2/c1-18(2)17-22(27)26-21-12-10-20(11-13-21)24(14-15-24)23(28)25-16-6-9-19-7-4-3-5-8-19/h3-5,7-8,10-13,18H,6,9,14-17H2,1-2H3,(H,25,28)(H,26,27). The number of hydrogen-bond acceptors (Lipinski definition) is 2. The molecule has 0 aromatic heterocycles. The Labute approximate surface area is 167 Å². The van der Waals surface area contributed by atoms with Crippen LogP contribution in [0.5, 0.6) is 0 Å². The lowest BCUT2D eigenvalue weighted by atomic mass is 9.94. The molecule has 0 unspecified atom stereocenters. The number of rotatable bonds is 9. The summed E-state index contributed by atoms with van der Waals surface area (Å²) in [6, 6.07) is 18.1. The molecule has 0 spiro atoms. The fraction of sp³-hybridized carbons (Fsp3) is 0.417. The van der Waals surface area contributed by atoms with Crippen LogP contribution in [0, 0.1) is 5.92 Å². The van der Waals surface area contributed by atoms with Gasteiger partial charge in [-0.25, -0.2) is 0 Å². The summed E-state index contributed by atoms with van der Waals surface area (Å²) < 4.78 is 0. The molecule has 2 aromatic carbocycles. The predicted octanol–water partition coefficient (Wildman–Crippen LogP) is 4.45. The lowest BCUT2D eigenvalue weighted by molar-refractivity contribution is -0.123. The van der Waals surface area contributed by atoms with Crippen LogP contribution in [0.15, 0.2) is 54.6 Å². The Kier molecular flexibility index (Phi) is 6.50. The molecule has 0 heterocycles. The number of amides is 2. The van der Waals surface area contributed by atoms with Crippen molar-refractivity contribution in [1.82, 2.24) is 5.32 Å². The molecule has 1 aliphatic rings. The number of carbonyl (C=O) groups excluding carboxylic acids is 2. The van der Waals surface area contributed by atoms with Gasteiger partial charge < -0.3 is 10.6 Å². The summed E-state index contributed by atoms with van der Waals surface area (Å²) in [5.74, 6) is 0.483. The van der Waals surface area contributed by atoms with E-state index in [4.69, 9.17) is 0 Å². The van der Waals surface area contributed by atoms with E-state index in [-0.39, 0.29) is 17.2 Å². The van der Waals surface area contributed by atoms with E-state index in [2.05, 4.69) is 22.8 Å². The van der Waals surface area contributed by atoms with Crippen LogP contribution in [-0.4, -0.2) is 18.4 Å². The normalized spacial score (nSPS) is 14.5. The van der Waals surface area contributed by atoms with Gasteiger partial charge in [-0.15, -0.1) is 0 Å². The molecule has 2 amide bonds. The van der Waals surface area contributed by atoms with E-state index in [0.29, 0.717) is 18.9 Å². The first kappa shape index (κ1) is 20.1. The van der Waals surface area contributed by atoms with Crippen LogP contribution in [0.3, 0.4) is 0 Å². The molecule has 0 aliphatic heterocycles. The van der Waals surface area contributed by atoms with Crippen LogP contribution in [-0.2, 0) is 21.4 Å². The smallest absolute Gasteiger partial charge is 0.230 e. The highest BCUT2D eigenvalue weighted by Crippen LogP contribution is 2.48. The maximum Gasteiger partial charge on any atom is 0.230 e. The van der Waals surface area contributed by atoms with Gasteiger partial charge in [0.2, 0.25) is 11.8 Å². The minimum Gasteiger partial charge on any atom is -0.355 e. The minimum atomic E-state index is -0.382. The maximum absolute atomic E-state index is 12.7. The predicted molar refractivity (Wildman–Crippen MR) is 113 cm³/mol. The molecule has 1 saturated carbocycles. The molecule has 2 aromatic rings. The van der Waals surface area contributed by atoms with Gasteiger partial charge in [0.05, 0.1) is 5.41 Å². The molecule has 0 atom stereocenters. The molecule has 1 fully saturated rings. The molecule has 0 radical (unpaired) electrons. The van der Waals surface area contributed by atoms with E-state index in [1.807, 2.05) is 56.3 Å². The van der Waals surface area contributed by atoms with Gasteiger partial charge in [0, 0.05) is 18.7 Å². The van der Waals surface area contributed by atoms with Crippen LogP contribution in [0.2, 0.25) is 0 Å². The molecule has 28 heavy (non-hydrogen) atoms. The number of anilines is 1. The second-order valence-electron chi connectivity index (χ2n) is 8.15. The first-order valence-electron chi connectivity index (χ1n) is 10.2. The van der Waals surface area contributed by atoms with Gasteiger partial charge in [-0.05, 0) is 54.9 Å². The van der Waals surface area contributed by atoms with Crippen molar-refractivity contribution in [1.29, 1.82) is 0 Å². The number of aryl methyl sites for hydroxylation is 1. The van der Waals surface area contributed by atoms with E-state index in [9.17, 15) is 9.59 Å². The Balaban J connectivity index is 1.50. The summed E-state index contributed by atoms with van der Waals surface area (Å²) in [4.78, 5) is 24.6. The monoisotopic (exact) mass is 378 g/mol. The SMILES string of the molecule is CC(C)CC(=O)Nc1ccc(C2(C(=O)NCCCc3ccccc3)CC2)cc1. The van der Waals surface area contributed by atoms with Crippen molar-refractivity contribution >= 4 is 17.5 Å². The molecule has 0 bridgehead atoms. The van der Waals surface area contributed by atoms with Gasteiger partial charge in [0.25, 0.3) is 0 Å². The van der Waals surface area contributed by atoms with E-state index in [0.717, 1.165) is 36.9 Å². The first-order chi connectivity index (χ1) is 13.5. The second-order valence-corrected chi connectivity index (χ2v) is 8.15. The van der Waals surface area contributed by atoms with Crippen molar-refractivity contribution in [2.45, 2.75) is 51.4 Å². The van der Waals surface area contributed by atoms with Crippen LogP contribution in [0.4, 0.5) is 5.69 Å². The summed E-state index contributed by atoms with van der Waals surface area (Å²) in [6.45, 7) is 4.74. The third-order valence-corrected chi connectivity index (χ3v) is 5.27. The minimum absolute atomic E-state index is 0.0278. The highest BCUT2D eigenvalue weighted by molar-refractivity contribution is 5.92. The van der Waals surface area contributed by atoms with E-state index in [1.165, 1.54) is 5.56 Å². The van der Waals surface area contributed by atoms with Crippen molar-refractivity contribution < 1.29 is 9.59 Å². The van der Waals surface area contributed by atoms with Crippen LogP contribution < -0.4 is 10.6 Å². The average Bonchev–Trinajstić information content (AvgIpc) is 3.48. The number of hydrogen-bond donors (Lipinski definition) is 2. The van der Waals surface area contributed by atoms with E-state index < -0.39 is 0 Å². The highest BCUT2D eigenvalue weighted by atomic mass is 16.2. The van der Waals surface area contributed by atoms with E-state index >= 15 is 0 Å². The van der Waals surface area contributed by atoms with Crippen molar-refractivity contribution in [3.63, 3.8) is 0 Å². The first-order valence-corrected chi connectivity index (χ1v) is 10.2. The Morgan fingerprint density at radius 2 is 1.68 bits per heavy atom. The van der Waals surface area contributed by atoms with Crippen molar-refractivity contribution in [2.75, 3.05) is 11.9 Å². The third-order valence-electron chi connectivity index (χ3n) is 5.27. The number of nitrogens with one attached hydrogen (secondary N) is 2. The van der Waals surface area contributed by atoms with Gasteiger partial charge in [0.1, 0.15) is 0 Å². The fourth-order valence-electron chi connectivity index (χ4n) is 3.54. The molecule has 3 rings (SSSR count). The largest absolute Gasteiger partial charge is 0.355 e. The highest BCUT2D eigenvalue weighted by Gasteiger charge is 2.50. The Morgan fingerprint density at radius 1 is 1.00 bits per heavy atom. The zero-order valence-corrected chi connectivity index (χ0v) is 16.8. The molecule has 2 N–H and O–H groups in total. The molecule has 0 saturated heterocycles. The van der Waals surface area contributed by atoms with Gasteiger partial charge in [-0.2, -0.15) is 0 Å². The maximum atomic E-state index is 12.7. The third kappa shape index (κ3) is 5.22. The van der Waals surface area contributed by atoms with Crippen LogP contribution >= 0.6 is 0 Å². The summed E-state index contributed by atoms with van der Waals surface area (Å²) in [5, 5.41) is 6.03. The topological polar surface area (TPSA) is 58.2 Å². The van der Waals surface area contributed by atoms with Gasteiger partial charge in [0.15, 0.2) is 0 Å². The Hall–Kier alpha value is -2.62. The molecule has 4 nitrogen and oxygen atoms in total. The van der Waals surface area contributed by atoms with Gasteiger partial charge in [-0.1, -0.05) is 56.3 Å². The van der Waals surface area contributed by atoms with Crippen molar-refractivity contribution in [3.8, 4) is 0 Å². The summed E-state index contributed by atoms with van der Waals surface area (Å²) in [7, 11) is 0. The molecular formula is C24H30N2O2. The van der Waals surface area contributed by atoms with E-state index in [1.54, 1.807) is 0 Å². The zero-order valence-electron chi connectivity index (χ0n) is 16.8. The summed E-state index contributed by atoms with van der Waals surface area (Å²) >= 11 is 0. The molecular weight excluding hydrogens is 348 g/mol.